The summed E-state index contributed by atoms with van der Waals surface area (Å²) >= 11 is 0. The van der Waals surface area contributed by atoms with Crippen LogP contribution in [0.15, 0.2) is 36.4 Å². The topological polar surface area (TPSA) is 61.4 Å². The quantitative estimate of drug-likeness (QED) is 0.822. The second-order valence-electron chi connectivity index (χ2n) is 6.75. The molecule has 1 N–H and O–H groups in total. The van der Waals surface area contributed by atoms with Crippen LogP contribution in [0.1, 0.15) is 43.1 Å². The molecule has 26 heavy (non-hydrogen) atoms. The summed E-state index contributed by atoms with van der Waals surface area (Å²) in [5.74, 6) is 0.541. The van der Waals surface area contributed by atoms with E-state index >= 15 is 0 Å². The highest BCUT2D eigenvalue weighted by molar-refractivity contribution is 5.92. The molecule has 0 spiro atoms. The lowest BCUT2D eigenvalue weighted by molar-refractivity contribution is 0.0786. The molecule has 138 valence electrons. The molecule has 1 aromatic heterocycles. The number of benzene rings is 1. The molecule has 1 saturated heterocycles. The van der Waals surface area contributed by atoms with Crippen molar-refractivity contribution in [3.8, 4) is 0 Å². The maximum atomic E-state index is 12.3. The van der Waals surface area contributed by atoms with Crippen LogP contribution < -0.4 is 10.2 Å². The Labute approximate surface area is 155 Å². The van der Waals surface area contributed by atoms with E-state index in [2.05, 4.69) is 39.5 Å². The molecule has 0 bridgehead atoms. The summed E-state index contributed by atoms with van der Waals surface area (Å²) in [4.78, 5) is 16.4. The van der Waals surface area contributed by atoms with Crippen molar-refractivity contribution in [1.82, 2.24) is 15.1 Å². The monoisotopic (exact) mass is 353 g/mol. The van der Waals surface area contributed by atoms with E-state index < -0.39 is 0 Å². The van der Waals surface area contributed by atoms with Crippen LogP contribution in [-0.2, 0) is 0 Å². The highest BCUT2D eigenvalue weighted by Gasteiger charge is 2.14. The molecule has 6 nitrogen and oxygen atoms in total. The molecule has 3 rings (SSSR count). The zero-order valence-corrected chi connectivity index (χ0v) is 15.6. The molecule has 6 heteroatoms. The van der Waals surface area contributed by atoms with Crippen molar-refractivity contribution in [2.24, 2.45) is 0 Å². The molecule has 0 unspecified atom stereocenters. The number of anilines is 3. The highest BCUT2D eigenvalue weighted by Crippen LogP contribution is 2.23. The zero-order valence-electron chi connectivity index (χ0n) is 15.6. The fourth-order valence-electron chi connectivity index (χ4n) is 3.08. The Hall–Kier alpha value is -2.63. The van der Waals surface area contributed by atoms with Crippen molar-refractivity contribution in [2.75, 3.05) is 36.9 Å². The van der Waals surface area contributed by atoms with Gasteiger partial charge in [-0.3, -0.25) is 4.79 Å². The number of hydrogen-bond acceptors (Lipinski definition) is 5. The normalized spacial score (nSPS) is 13.7. The van der Waals surface area contributed by atoms with Gasteiger partial charge in [0.2, 0.25) is 0 Å². The van der Waals surface area contributed by atoms with Crippen molar-refractivity contribution in [3.63, 3.8) is 0 Å². The van der Waals surface area contributed by atoms with Gasteiger partial charge < -0.3 is 15.1 Å². The van der Waals surface area contributed by atoms with Gasteiger partial charge in [0.05, 0.1) is 0 Å². The first-order chi connectivity index (χ1) is 12.7. The van der Waals surface area contributed by atoms with E-state index in [9.17, 15) is 4.79 Å². The number of hydrogen-bond donors (Lipinski definition) is 1. The minimum absolute atomic E-state index is 0.0903. The molecule has 0 saturated carbocycles. The minimum Gasteiger partial charge on any atom is -0.372 e. The van der Waals surface area contributed by atoms with E-state index in [0.717, 1.165) is 38.2 Å². The smallest absolute Gasteiger partial charge is 0.274 e. The number of nitrogens with one attached hydrogen (secondary N) is 1. The standard InChI is InChI=1S/C20H27N5O/c1-3-4-13-24(2)20(26)18-11-12-19(23-22-18)21-16-7-9-17(10-8-16)25-14-5-6-15-25/h7-12H,3-6,13-15H2,1-2H3,(H,21,23). The van der Waals surface area contributed by atoms with Crippen LogP contribution in [0, 0.1) is 0 Å². The van der Waals surface area contributed by atoms with Gasteiger partial charge >= 0.3 is 0 Å². The van der Waals surface area contributed by atoms with Crippen molar-refractivity contribution in [1.29, 1.82) is 0 Å². The van der Waals surface area contributed by atoms with Gasteiger partial charge in [-0.2, -0.15) is 0 Å². The number of rotatable bonds is 7. The lowest BCUT2D eigenvalue weighted by atomic mass is 10.2. The first-order valence-electron chi connectivity index (χ1n) is 9.38. The van der Waals surface area contributed by atoms with Gasteiger partial charge in [-0.15, -0.1) is 10.2 Å². The second-order valence-corrected chi connectivity index (χ2v) is 6.75. The molecule has 1 aliphatic heterocycles. The van der Waals surface area contributed by atoms with E-state index in [0.29, 0.717) is 11.5 Å². The van der Waals surface area contributed by atoms with Gasteiger partial charge in [0.25, 0.3) is 5.91 Å². The lowest BCUT2D eigenvalue weighted by Crippen LogP contribution is -2.28. The molecule has 1 fully saturated rings. The fourth-order valence-corrected chi connectivity index (χ4v) is 3.08. The van der Waals surface area contributed by atoms with Crippen molar-refractivity contribution in [2.45, 2.75) is 32.6 Å². The predicted molar refractivity (Wildman–Crippen MR) is 105 cm³/mol. The fraction of sp³-hybridized carbons (Fsp3) is 0.450. The number of carbonyl (C=O) groups is 1. The number of amides is 1. The molecule has 1 amide bonds. The van der Waals surface area contributed by atoms with Crippen molar-refractivity contribution < 1.29 is 4.79 Å². The van der Waals surface area contributed by atoms with Crippen LogP contribution in [0.25, 0.3) is 0 Å². The van der Waals surface area contributed by atoms with Crippen LogP contribution in [0.2, 0.25) is 0 Å². The summed E-state index contributed by atoms with van der Waals surface area (Å²) in [6, 6.07) is 11.9. The van der Waals surface area contributed by atoms with E-state index in [-0.39, 0.29) is 5.91 Å². The number of carbonyl (C=O) groups excluding carboxylic acids is 1. The second kappa shape index (κ2) is 8.65. The molecule has 0 aliphatic carbocycles. The summed E-state index contributed by atoms with van der Waals surface area (Å²) in [6.07, 6.45) is 4.59. The third-order valence-corrected chi connectivity index (χ3v) is 4.69. The Morgan fingerprint density at radius 1 is 1.12 bits per heavy atom. The Morgan fingerprint density at radius 3 is 2.46 bits per heavy atom. The van der Waals surface area contributed by atoms with Crippen LogP contribution in [-0.4, -0.2) is 47.7 Å². The average Bonchev–Trinajstić information content (AvgIpc) is 3.21. The SMILES string of the molecule is CCCCN(C)C(=O)c1ccc(Nc2ccc(N3CCCC3)cc2)nn1. The highest BCUT2D eigenvalue weighted by atomic mass is 16.2. The number of unbranched alkanes of at least 4 members (excludes halogenated alkanes) is 1. The molecule has 1 aromatic carbocycles. The molecular weight excluding hydrogens is 326 g/mol. The van der Waals surface area contributed by atoms with Gasteiger partial charge in [0.15, 0.2) is 11.5 Å². The summed E-state index contributed by atoms with van der Waals surface area (Å²) < 4.78 is 0. The summed E-state index contributed by atoms with van der Waals surface area (Å²) in [7, 11) is 1.80. The van der Waals surface area contributed by atoms with Gasteiger partial charge in [-0.1, -0.05) is 13.3 Å². The van der Waals surface area contributed by atoms with Crippen LogP contribution in [0.5, 0.6) is 0 Å². The Morgan fingerprint density at radius 2 is 1.85 bits per heavy atom. The van der Waals surface area contributed by atoms with Crippen LogP contribution in [0.3, 0.4) is 0 Å². The first kappa shape index (κ1) is 18.2. The van der Waals surface area contributed by atoms with Gasteiger partial charge in [0.1, 0.15) is 0 Å². The maximum absolute atomic E-state index is 12.3. The number of aromatic nitrogens is 2. The largest absolute Gasteiger partial charge is 0.372 e. The third kappa shape index (κ3) is 4.50. The van der Waals surface area contributed by atoms with E-state index in [1.54, 1.807) is 24.1 Å². The third-order valence-electron chi connectivity index (χ3n) is 4.69. The lowest BCUT2D eigenvalue weighted by Gasteiger charge is -2.18. The maximum Gasteiger partial charge on any atom is 0.274 e. The average molecular weight is 353 g/mol. The summed E-state index contributed by atoms with van der Waals surface area (Å²) in [6.45, 7) is 5.12. The summed E-state index contributed by atoms with van der Waals surface area (Å²) in [5, 5.41) is 11.4. The minimum atomic E-state index is -0.0903. The van der Waals surface area contributed by atoms with Crippen molar-refractivity contribution in [3.05, 3.63) is 42.1 Å². The molecular formula is C20H27N5O. The van der Waals surface area contributed by atoms with Gasteiger partial charge in [-0.25, -0.2) is 0 Å². The van der Waals surface area contributed by atoms with E-state index in [4.69, 9.17) is 0 Å². The van der Waals surface area contributed by atoms with Crippen molar-refractivity contribution >= 4 is 23.1 Å². The molecule has 0 atom stereocenters. The Balaban J connectivity index is 1.59. The van der Waals surface area contributed by atoms with Gasteiger partial charge in [-0.05, 0) is 55.7 Å². The van der Waals surface area contributed by atoms with Crippen LogP contribution >= 0.6 is 0 Å². The molecule has 1 aliphatic rings. The Bertz CT molecular complexity index is 708. The van der Waals surface area contributed by atoms with E-state index in [1.165, 1.54) is 18.5 Å². The first-order valence-corrected chi connectivity index (χ1v) is 9.38. The predicted octanol–water partition coefficient (Wildman–Crippen LogP) is 3.69. The Kier molecular flexibility index (Phi) is 6.04. The van der Waals surface area contributed by atoms with Gasteiger partial charge in [0, 0.05) is 38.1 Å². The molecule has 2 heterocycles. The zero-order chi connectivity index (χ0) is 18.4. The summed E-state index contributed by atoms with van der Waals surface area (Å²) in [5.41, 5.74) is 2.59. The van der Waals surface area contributed by atoms with E-state index in [1.807, 2.05) is 12.1 Å². The molecule has 0 radical (unpaired) electrons. The van der Waals surface area contributed by atoms with Crippen LogP contribution in [0.4, 0.5) is 17.2 Å². The molecule has 2 aromatic rings. The number of nitrogens with zero attached hydrogens (tertiary/aromatic N) is 4.